The van der Waals surface area contributed by atoms with Crippen molar-refractivity contribution in [3.8, 4) is 0 Å². The first-order valence-electron chi connectivity index (χ1n) is 32.5. The number of amides is 1. The first kappa shape index (κ1) is 69.6. The molecule has 1 amide bonds. The molecule has 3 N–H and O–H groups in total. The van der Waals surface area contributed by atoms with Crippen LogP contribution >= 0.6 is 0 Å². The first-order chi connectivity index (χ1) is 35.0. The summed E-state index contributed by atoms with van der Waals surface area (Å²) in [7, 11) is 0. The molecule has 0 spiro atoms. The highest BCUT2D eigenvalue weighted by atomic mass is 16.5. The summed E-state index contributed by atoms with van der Waals surface area (Å²) in [5.41, 5.74) is 0. The zero-order valence-corrected chi connectivity index (χ0v) is 48.2. The van der Waals surface area contributed by atoms with Gasteiger partial charge in [-0.15, -0.1) is 0 Å². The van der Waals surface area contributed by atoms with E-state index in [1.54, 1.807) is 6.08 Å². The van der Waals surface area contributed by atoms with E-state index < -0.39 is 12.1 Å². The zero-order valence-electron chi connectivity index (χ0n) is 48.2. The standard InChI is InChI=1S/C65H127NO5/c1-3-5-7-9-11-13-15-17-19-21-26-29-33-37-41-45-49-53-57-63(68)62(61-67)66-64(69)58-54-50-46-42-38-34-30-27-24-22-23-25-28-32-36-40-44-48-52-56-60-71-65(70)59-55-51-47-43-39-35-31-20-18-16-14-12-10-8-6-4-2/h53,57,62-63,67-68H,3-52,54-56,58-61H2,1-2H3,(H,66,69)/b57-53+. The maximum atomic E-state index is 12.5. The van der Waals surface area contributed by atoms with E-state index in [0.29, 0.717) is 19.4 Å². The number of allylic oxidation sites excluding steroid dienone is 1. The summed E-state index contributed by atoms with van der Waals surface area (Å²) < 4.78 is 5.50. The molecule has 2 atom stereocenters. The molecule has 0 aromatic carbocycles. The van der Waals surface area contributed by atoms with Crippen molar-refractivity contribution < 1.29 is 24.5 Å². The molecule has 0 bridgehead atoms. The van der Waals surface area contributed by atoms with Crippen LogP contribution in [0, 0.1) is 0 Å². The Hall–Kier alpha value is -1.40. The van der Waals surface area contributed by atoms with E-state index in [2.05, 4.69) is 19.2 Å². The lowest BCUT2D eigenvalue weighted by atomic mass is 10.0. The van der Waals surface area contributed by atoms with Crippen molar-refractivity contribution in [3.63, 3.8) is 0 Å². The van der Waals surface area contributed by atoms with Gasteiger partial charge in [-0.3, -0.25) is 9.59 Å². The lowest BCUT2D eigenvalue weighted by Gasteiger charge is -2.20. The molecule has 422 valence electrons. The number of carbonyl (C=O) groups excluding carboxylic acids is 2. The highest BCUT2D eigenvalue weighted by Gasteiger charge is 2.18. The van der Waals surface area contributed by atoms with Gasteiger partial charge in [-0.25, -0.2) is 0 Å². The van der Waals surface area contributed by atoms with Crippen LogP contribution in [0.2, 0.25) is 0 Å². The molecule has 0 aliphatic rings. The number of unbranched alkanes of at least 4 members (excludes halogenated alkanes) is 50. The summed E-state index contributed by atoms with van der Waals surface area (Å²) in [6.45, 7) is 4.94. The van der Waals surface area contributed by atoms with Crippen molar-refractivity contribution in [1.29, 1.82) is 0 Å². The minimum absolute atomic E-state index is 0.0143. The maximum Gasteiger partial charge on any atom is 0.305 e. The van der Waals surface area contributed by atoms with Gasteiger partial charge in [0.05, 0.1) is 25.4 Å². The average molecular weight is 1000 g/mol. The van der Waals surface area contributed by atoms with Gasteiger partial charge in [0.15, 0.2) is 0 Å². The molecule has 2 unspecified atom stereocenters. The Morgan fingerprint density at radius 1 is 0.380 bits per heavy atom. The van der Waals surface area contributed by atoms with Crippen LogP contribution < -0.4 is 5.32 Å². The van der Waals surface area contributed by atoms with Crippen LogP contribution in [0.15, 0.2) is 12.2 Å². The number of esters is 1. The summed E-state index contributed by atoms with van der Waals surface area (Å²) >= 11 is 0. The van der Waals surface area contributed by atoms with Gasteiger partial charge in [0.25, 0.3) is 0 Å². The monoisotopic (exact) mass is 1000 g/mol. The molecule has 71 heavy (non-hydrogen) atoms. The summed E-state index contributed by atoms with van der Waals surface area (Å²) in [6.07, 6.45) is 74.0. The lowest BCUT2D eigenvalue weighted by molar-refractivity contribution is -0.143. The Labute approximate surface area is 444 Å². The number of carbonyl (C=O) groups is 2. The van der Waals surface area contributed by atoms with Gasteiger partial charge in [0, 0.05) is 12.8 Å². The molecule has 0 aliphatic heterocycles. The van der Waals surface area contributed by atoms with Crippen LogP contribution in [0.4, 0.5) is 0 Å². The number of rotatable bonds is 61. The van der Waals surface area contributed by atoms with Crippen LogP contribution in [0.1, 0.15) is 367 Å². The predicted molar refractivity (Wildman–Crippen MR) is 310 cm³/mol. The number of hydrogen-bond acceptors (Lipinski definition) is 5. The number of aliphatic hydroxyl groups is 2. The molecule has 6 heteroatoms. The van der Waals surface area contributed by atoms with E-state index in [1.165, 1.54) is 302 Å². The Balaban J connectivity index is 3.40. The largest absolute Gasteiger partial charge is 0.466 e. The topological polar surface area (TPSA) is 95.9 Å². The van der Waals surface area contributed by atoms with Gasteiger partial charge in [-0.05, 0) is 32.1 Å². The van der Waals surface area contributed by atoms with Gasteiger partial charge in [-0.1, -0.05) is 334 Å². The van der Waals surface area contributed by atoms with E-state index in [0.717, 1.165) is 38.5 Å². The molecule has 0 aromatic heterocycles. The van der Waals surface area contributed by atoms with E-state index in [9.17, 15) is 19.8 Å². The second kappa shape index (κ2) is 61.1. The highest BCUT2D eigenvalue weighted by molar-refractivity contribution is 5.76. The Morgan fingerprint density at radius 3 is 0.958 bits per heavy atom. The predicted octanol–water partition coefficient (Wildman–Crippen LogP) is 20.4. The zero-order chi connectivity index (χ0) is 51.4. The minimum Gasteiger partial charge on any atom is -0.466 e. The van der Waals surface area contributed by atoms with Gasteiger partial charge in [-0.2, -0.15) is 0 Å². The first-order valence-corrected chi connectivity index (χ1v) is 32.5. The van der Waals surface area contributed by atoms with Crippen molar-refractivity contribution >= 4 is 11.9 Å². The molecule has 0 aromatic rings. The molecule has 0 radical (unpaired) electrons. The molecule has 0 rings (SSSR count). The SMILES string of the molecule is CCCCCCCCCCCCCCCCCC/C=C/C(O)C(CO)NC(=O)CCCCCCCCCCCCCCCCCCCCCCOC(=O)CCCCCCCCCCCCCCCCCC. The molecule has 0 heterocycles. The smallest absolute Gasteiger partial charge is 0.305 e. The second-order valence-electron chi connectivity index (χ2n) is 22.5. The van der Waals surface area contributed by atoms with Crippen molar-refractivity contribution in [3.05, 3.63) is 12.2 Å². The van der Waals surface area contributed by atoms with Gasteiger partial charge < -0.3 is 20.3 Å². The Morgan fingerprint density at radius 2 is 0.648 bits per heavy atom. The average Bonchev–Trinajstić information content (AvgIpc) is 3.37. The highest BCUT2D eigenvalue weighted by Crippen LogP contribution is 2.18. The normalized spacial score (nSPS) is 12.6. The third kappa shape index (κ3) is 57.7. The third-order valence-electron chi connectivity index (χ3n) is 15.3. The van der Waals surface area contributed by atoms with Crippen molar-refractivity contribution in [1.82, 2.24) is 5.32 Å². The maximum absolute atomic E-state index is 12.5. The van der Waals surface area contributed by atoms with Crippen LogP contribution in [-0.4, -0.2) is 47.4 Å². The molecule has 0 aliphatic carbocycles. The van der Waals surface area contributed by atoms with Crippen LogP contribution in [0.25, 0.3) is 0 Å². The molecular weight excluding hydrogens is 875 g/mol. The number of aliphatic hydroxyl groups excluding tert-OH is 2. The van der Waals surface area contributed by atoms with E-state index in [4.69, 9.17) is 4.74 Å². The quantitative estimate of drug-likeness (QED) is 0.0320. The molecule has 6 nitrogen and oxygen atoms in total. The number of hydrogen-bond donors (Lipinski definition) is 3. The summed E-state index contributed by atoms with van der Waals surface area (Å²) in [5, 5.41) is 23.2. The Bertz CT molecular complexity index is 1060. The van der Waals surface area contributed by atoms with E-state index in [-0.39, 0.29) is 18.5 Å². The van der Waals surface area contributed by atoms with Gasteiger partial charge in [0.1, 0.15) is 0 Å². The molecule has 0 saturated heterocycles. The fourth-order valence-electron chi connectivity index (χ4n) is 10.3. The van der Waals surface area contributed by atoms with Crippen molar-refractivity contribution in [2.24, 2.45) is 0 Å². The van der Waals surface area contributed by atoms with Crippen LogP contribution in [0.3, 0.4) is 0 Å². The fraction of sp³-hybridized carbons (Fsp3) is 0.938. The van der Waals surface area contributed by atoms with Crippen LogP contribution in [0.5, 0.6) is 0 Å². The summed E-state index contributed by atoms with van der Waals surface area (Å²) in [4.78, 5) is 24.6. The fourth-order valence-corrected chi connectivity index (χ4v) is 10.3. The van der Waals surface area contributed by atoms with Gasteiger partial charge >= 0.3 is 5.97 Å². The van der Waals surface area contributed by atoms with E-state index >= 15 is 0 Å². The third-order valence-corrected chi connectivity index (χ3v) is 15.3. The minimum atomic E-state index is -0.845. The molecule has 0 fully saturated rings. The van der Waals surface area contributed by atoms with Crippen molar-refractivity contribution in [2.75, 3.05) is 13.2 Å². The summed E-state index contributed by atoms with van der Waals surface area (Å²) in [6, 6.07) is -0.629. The molecular formula is C65H127NO5. The van der Waals surface area contributed by atoms with Gasteiger partial charge in [0.2, 0.25) is 5.91 Å². The van der Waals surface area contributed by atoms with E-state index in [1.807, 2.05) is 6.08 Å². The van der Waals surface area contributed by atoms with Crippen LogP contribution in [-0.2, 0) is 14.3 Å². The number of nitrogens with one attached hydrogen (secondary N) is 1. The Kier molecular flexibility index (Phi) is 59.9. The lowest BCUT2D eigenvalue weighted by Crippen LogP contribution is -2.45. The number of ether oxygens (including phenoxy) is 1. The van der Waals surface area contributed by atoms with Crippen molar-refractivity contribution in [2.45, 2.75) is 379 Å². The summed E-state index contributed by atoms with van der Waals surface area (Å²) in [5.74, 6) is -0.0520. The second-order valence-corrected chi connectivity index (χ2v) is 22.5. The molecule has 0 saturated carbocycles.